The number of rotatable bonds is 8. The van der Waals surface area contributed by atoms with Gasteiger partial charge in [-0.3, -0.25) is 0 Å². The van der Waals surface area contributed by atoms with Crippen molar-refractivity contribution in [3.8, 4) is 5.75 Å². The molecule has 0 bridgehead atoms. The van der Waals surface area contributed by atoms with E-state index in [0.717, 1.165) is 16.4 Å². The maximum atomic E-state index is 12.8. The number of methoxy groups -OCH3 is 1. The van der Waals surface area contributed by atoms with Crippen LogP contribution >= 0.6 is 0 Å². The highest BCUT2D eigenvalue weighted by atomic mass is 32.2. The number of alkyl halides is 3. The molecule has 0 aromatic heterocycles. The van der Waals surface area contributed by atoms with Crippen LogP contribution in [-0.4, -0.2) is 40.1 Å². The van der Waals surface area contributed by atoms with Gasteiger partial charge >= 0.3 is 6.18 Å². The van der Waals surface area contributed by atoms with Crippen molar-refractivity contribution in [3.63, 3.8) is 0 Å². The van der Waals surface area contributed by atoms with E-state index in [2.05, 4.69) is 0 Å². The van der Waals surface area contributed by atoms with E-state index in [1.807, 2.05) is 0 Å². The minimum Gasteiger partial charge on any atom is -0.491 e. The minimum atomic E-state index is -4.43. The summed E-state index contributed by atoms with van der Waals surface area (Å²) < 4.78 is 75.0. The molecule has 2 rings (SSSR count). The molecule has 0 aliphatic carbocycles. The molecular formula is C19H22F3NO4S. The van der Waals surface area contributed by atoms with E-state index in [1.165, 1.54) is 31.3 Å². The van der Waals surface area contributed by atoms with Gasteiger partial charge in [0, 0.05) is 20.7 Å². The van der Waals surface area contributed by atoms with Gasteiger partial charge in [-0.2, -0.15) is 17.5 Å². The summed E-state index contributed by atoms with van der Waals surface area (Å²) in [7, 11) is -0.875. The van der Waals surface area contributed by atoms with E-state index in [-0.39, 0.29) is 11.4 Å². The first-order valence-corrected chi connectivity index (χ1v) is 9.84. The van der Waals surface area contributed by atoms with Crippen LogP contribution in [0.2, 0.25) is 0 Å². The summed E-state index contributed by atoms with van der Waals surface area (Å²) >= 11 is 0. The highest BCUT2D eigenvalue weighted by Gasteiger charge is 2.30. The van der Waals surface area contributed by atoms with Gasteiger partial charge in [-0.05, 0) is 48.4 Å². The molecule has 0 unspecified atom stereocenters. The molecule has 0 saturated heterocycles. The Kier molecular flexibility index (Phi) is 7.08. The second-order valence-corrected chi connectivity index (χ2v) is 8.27. The lowest BCUT2D eigenvalue weighted by Gasteiger charge is -2.19. The number of aryl methyl sites for hydroxylation is 1. The number of benzene rings is 2. The number of nitrogens with zero attached hydrogens (tertiary/aromatic N) is 1. The molecule has 5 nitrogen and oxygen atoms in total. The maximum absolute atomic E-state index is 12.8. The standard InChI is InChI=1S/C19H22F3NO4S/c1-14-12-17(8-9-18(14)27-11-10-26-3)28(24,25)23(2)13-15-4-6-16(7-5-15)19(20,21)22/h4-9,12H,10-11,13H2,1-3H3. The lowest BCUT2D eigenvalue weighted by molar-refractivity contribution is -0.137. The Morgan fingerprint density at radius 2 is 1.68 bits per heavy atom. The van der Waals surface area contributed by atoms with Gasteiger partial charge in [0.2, 0.25) is 10.0 Å². The summed E-state index contributed by atoms with van der Waals surface area (Å²) in [4.78, 5) is 0.0819. The van der Waals surface area contributed by atoms with Gasteiger partial charge in [-0.1, -0.05) is 12.1 Å². The molecule has 28 heavy (non-hydrogen) atoms. The van der Waals surface area contributed by atoms with Gasteiger partial charge in [0.05, 0.1) is 17.1 Å². The molecule has 0 radical (unpaired) electrons. The van der Waals surface area contributed by atoms with Crippen molar-refractivity contribution in [2.24, 2.45) is 0 Å². The Morgan fingerprint density at radius 1 is 1.04 bits per heavy atom. The quantitative estimate of drug-likeness (QED) is 0.612. The minimum absolute atomic E-state index is 0.0500. The van der Waals surface area contributed by atoms with Crippen LogP contribution in [0.1, 0.15) is 16.7 Å². The predicted molar refractivity (Wildman–Crippen MR) is 98.6 cm³/mol. The SMILES string of the molecule is COCCOc1ccc(S(=O)(=O)N(C)Cc2ccc(C(F)(F)F)cc2)cc1C. The monoisotopic (exact) mass is 417 g/mol. The molecule has 2 aromatic rings. The Morgan fingerprint density at radius 3 is 2.21 bits per heavy atom. The Bertz CT molecular complexity index is 896. The zero-order chi connectivity index (χ0) is 20.9. The third-order valence-electron chi connectivity index (χ3n) is 4.09. The molecule has 0 aliphatic rings. The van der Waals surface area contributed by atoms with Crippen LogP contribution in [0.4, 0.5) is 13.2 Å². The second-order valence-electron chi connectivity index (χ2n) is 6.22. The number of ether oxygens (including phenoxy) is 2. The van der Waals surface area contributed by atoms with Crippen LogP contribution in [0.5, 0.6) is 5.75 Å². The van der Waals surface area contributed by atoms with Crippen LogP contribution in [0, 0.1) is 6.92 Å². The lowest BCUT2D eigenvalue weighted by atomic mass is 10.1. The molecule has 9 heteroatoms. The average Bonchev–Trinajstić information content (AvgIpc) is 2.62. The molecule has 0 heterocycles. The summed E-state index contributed by atoms with van der Waals surface area (Å²) in [6, 6.07) is 8.93. The van der Waals surface area contributed by atoms with Crippen molar-refractivity contribution >= 4 is 10.0 Å². The highest BCUT2D eigenvalue weighted by molar-refractivity contribution is 7.89. The Balaban J connectivity index is 2.14. The van der Waals surface area contributed by atoms with Crippen LogP contribution in [0.3, 0.4) is 0 Å². The van der Waals surface area contributed by atoms with E-state index in [0.29, 0.717) is 30.1 Å². The fourth-order valence-electron chi connectivity index (χ4n) is 2.50. The fourth-order valence-corrected chi connectivity index (χ4v) is 3.75. The number of hydrogen-bond acceptors (Lipinski definition) is 4. The zero-order valence-corrected chi connectivity index (χ0v) is 16.6. The Hall–Kier alpha value is -2.10. The van der Waals surface area contributed by atoms with Gasteiger partial charge in [0.1, 0.15) is 12.4 Å². The summed E-state index contributed by atoms with van der Waals surface area (Å²) in [5.74, 6) is 0.557. The Labute approximate surface area is 162 Å². The van der Waals surface area contributed by atoms with E-state index in [4.69, 9.17) is 9.47 Å². The molecule has 0 spiro atoms. The number of hydrogen-bond donors (Lipinski definition) is 0. The first-order valence-electron chi connectivity index (χ1n) is 8.40. The summed E-state index contributed by atoms with van der Waals surface area (Å²) in [5.41, 5.74) is 0.330. The smallest absolute Gasteiger partial charge is 0.416 e. The van der Waals surface area contributed by atoms with Crippen molar-refractivity contribution in [1.82, 2.24) is 4.31 Å². The molecule has 0 aliphatic heterocycles. The molecule has 0 atom stereocenters. The van der Waals surface area contributed by atoms with Crippen molar-refractivity contribution in [1.29, 1.82) is 0 Å². The third-order valence-corrected chi connectivity index (χ3v) is 5.89. The van der Waals surface area contributed by atoms with Crippen LogP contribution < -0.4 is 4.74 Å². The van der Waals surface area contributed by atoms with Crippen LogP contribution in [-0.2, 0) is 27.5 Å². The molecule has 154 valence electrons. The van der Waals surface area contributed by atoms with Crippen LogP contribution in [0.15, 0.2) is 47.4 Å². The van der Waals surface area contributed by atoms with Gasteiger partial charge < -0.3 is 9.47 Å². The first-order chi connectivity index (χ1) is 13.1. The molecular weight excluding hydrogens is 395 g/mol. The third kappa shape index (κ3) is 5.46. The summed E-state index contributed by atoms with van der Waals surface area (Å²) in [6.07, 6.45) is -4.43. The van der Waals surface area contributed by atoms with Crippen molar-refractivity contribution in [2.75, 3.05) is 27.4 Å². The van der Waals surface area contributed by atoms with Crippen molar-refractivity contribution in [2.45, 2.75) is 24.5 Å². The van der Waals surface area contributed by atoms with Crippen molar-refractivity contribution in [3.05, 3.63) is 59.2 Å². The second kappa shape index (κ2) is 8.93. The van der Waals surface area contributed by atoms with Crippen LogP contribution in [0.25, 0.3) is 0 Å². The zero-order valence-electron chi connectivity index (χ0n) is 15.8. The van der Waals surface area contributed by atoms with Gasteiger partial charge in [0.15, 0.2) is 0 Å². The van der Waals surface area contributed by atoms with Gasteiger partial charge in [-0.25, -0.2) is 8.42 Å². The molecule has 0 N–H and O–H groups in total. The topological polar surface area (TPSA) is 55.8 Å². The first kappa shape index (κ1) is 22.2. The largest absolute Gasteiger partial charge is 0.491 e. The average molecular weight is 417 g/mol. The molecule has 2 aromatic carbocycles. The number of halogens is 3. The maximum Gasteiger partial charge on any atom is 0.416 e. The van der Waals surface area contributed by atoms with Crippen molar-refractivity contribution < 1.29 is 31.1 Å². The van der Waals surface area contributed by atoms with Gasteiger partial charge in [0.25, 0.3) is 0 Å². The van der Waals surface area contributed by atoms with E-state index >= 15 is 0 Å². The summed E-state index contributed by atoms with van der Waals surface area (Å²) in [6.45, 7) is 2.44. The highest BCUT2D eigenvalue weighted by Crippen LogP contribution is 2.29. The predicted octanol–water partition coefficient (Wildman–Crippen LogP) is 3.86. The fraction of sp³-hybridized carbons (Fsp3) is 0.368. The van der Waals surface area contributed by atoms with Gasteiger partial charge in [-0.15, -0.1) is 0 Å². The lowest BCUT2D eigenvalue weighted by Crippen LogP contribution is -2.26. The normalized spacial score (nSPS) is 12.4. The molecule has 0 amide bonds. The van der Waals surface area contributed by atoms with E-state index in [9.17, 15) is 21.6 Å². The van der Waals surface area contributed by atoms with E-state index < -0.39 is 21.8 Å². The summed E-state index contributed by atoms with van der Waals surface area (Å²) in [5, 5.41) is 0. The molecule has 0 fully saturated rings. The number of sulfonamides is 1. The molecule has 0 saturated carbocycles. The van der Waals surface area contributed by atoms with E-state index in [1.54, 1.807) is 20.1 Å².